The molecule has 1 fully saturated rings. The summed E-state index contributed by atoms with van der Waals surface area (Å²) in [5.74, 6) is 0. The van der Waals surface area contributed by atoms with E-state index in [1.165, 1.54) is 6.42 Å². The van der Waals surface area contributed by atoms with Crippen molar-refractivity contribution >= 4 is 0 Å². The number of hydrazine groups is 1. The molecular weight excluding hydrogens is 92.1 g/mol. The maximum atomic E-state index is 8.23. The van der Waals surface area contributed by atoms with E-state index in [4.69, 9.17) is 5.21 Å². The van der Waals surface area contributed by atoms with Gasteiger partial charge in [0.2, 0.25) is 0 Å². The number of hydrogen-bond acceptors (Lipinski definition) is 3. The van der Waals surface area contributed by atoms with E-state index in [9.17, 15) is 0 Å². The highest BCUT2D eigenvalue weighted by Gasteiger charge is 2.21. The van der Waals surface area contributed by atoms with Crippen LogP contribution in [-0.2, 0) is 0 Å². The minimum absolute atomic E-state index is 0.519. The first-order valence-corrected chi connectivity index (χ1v) is 2.51. The molecule has 1 saturated heterocycles. The zero-order chi connectivity index (χ0) is 5.28. The summed E-state index contributed by atoms with van der Waals surface area (Å²) in [6, 6.07) is 0.519. The highest BCUT2D eigenvalue weighted by molar-refractivity contribution is 4.72. The van der Waals surface area contributed by atoms with Gasteiger partial charge in [-0.15, -0.1) is 5.59 Å². The molecule has 3 heteroatoms. The fourth-order valence-corrected chi connectivity index (χ4v) is 0.665. The Morgan fingerprint density at radius 2 is 2.57 bits per heavy atom. The van der Waals surface area contributed by atoms with Crippen molar-refractivity contribution in [3.05, 3.63) is 0 Å². The Kier molecular flexibility index (Phi) is 1.27. The van der Waals surface area contributed by atoms with Crippen LogP contribution in [0.5, 0.6) is 0 Å². The van der Waals surface area contributed by atoms with Gasteiger partial charge >= 0.3 is 0 Å². The van der Waals surface area contributed by atoms with Gasteiger partial charge in [0.1, 0.15) is 0 Å². The van der Waals surface area contributed by atoms with E-state index in [0.717, 1.165) is 6.54 Å². The van der Waals surface area contributed by atoms with Gasteiger partial charge in [0, 0.05) is 12.6 Å². The second-order valence-electron chi connectivity index (χ2n) is 1.93. The van der Waals surface area contributed by atoms with Crippen molar-refractivity contribution < 1.29 is 5.21 Å². The maximum absolute atomic E-state index is 8.23. The summed E-state index contributed by atoms with van der Waals surface area (Å²) in [7, 11) is 0. The SMILES string of the molecule is CC1CCN1NO. The Morgan fingerprint density at radius 1 is 1.86 bits per heavy atom. The standard InChI is InChI=1S/C4H10N2O/c1-4-2-3-6(4)5-7/h4-5,7H,2-3H2,1H3. The molecule has 3 nitrogen and oxygen atoms in total. The smallest absolute Gasteiger partial charge is 0.0249 e. The van der Waals surface area contributed by atoms with E-state index in [1.807, 2.05) is 0 Å². The topological polar surface area (TPSA) is 35.5 Å². The molecule has 1 unspecified atom stereocenters. The molecule has 0 aromatic heterocycles. The molecule has 0 aromatic carbocycles. The lowest BCUT2D eigenvalue weighted by Crippen LogP contribution is -2.52. The molecule has 0 aromatic rings. The van der Waals surface area contributed by atoms with Crippen LogP contribution in [0, 0.1) is 0 Å². The largest absolute Gasteiger partial charge is 0.302 e. The fourth-order valence-electron chi connectivity index (χ4n) is 0.665. The minimum atomic E-state index is 0.519. The lowest BCUT2D eigenvalue weighted by molar-refractivity contribution is -0.0908. The third-order valence-electron chi connectivity index (χ3n) is 1.45. The van der Waals surface area contributed by atoms with Gasteiger partial charge in [-0.2, -0.15) is 0 Å². The molecular formula is C4H10N2O. The molecule has 42 valence electrons. The van der Waals surface area contributed by atoms with Gasteiger partial charge in [0.15, 0.2) is 0 Å². The number of nitrogens with one attached hydrogen (secondary N) is 1. The van der Waals surface area contributed by atoms with Gasteiger partial charge in [-0.1, -0.05) is 0 Å². The summed E-state index contributed by atoms with van der Waals surface area (Å²) in [4.78, 5) is 0. The van der Waals surface area contributed by atoms with Crippen LogP contribution in [0.3, 0.4) is 0 Å². The first kappa shape index (κ1) is 5.03. The molecule has 1 aliphatic rings. The van der Waals surface area contributed by atoms with Crippen molar-refractivity contribution in [1.82, 2.24) is 10.6 Å². The minimum Gasteiger partial charge on any atom is -0.302 e. The van der Waals surface area contributed by atoms with Crippen LogP contribution in [0.4, 0.5) is 0 Å². The highest BCUT2D eigenvalue weighted by atomic mass is 16.5. The number of hydrogen-bond donors (Lipinski definition) is 2. The van der Waals surface area contributed by atoms with Crippen molar-refractivity contribution in [2.24, 2.45) is 0 Å². The molecule has 1 atom stereocenters. The Bertz CT molecular complexity index is 64.7. The molecule has 2 N–H and O–H groups in total. The van der Waals surface area contributed by atoms with Crippen LogP contribution in [-0.4, -0.2) is 22.8 Å². The summed E-state index contributed by atoms with van der Waals surface area (Å²) in [5, 5.41) is 10.0. The zero-order valence-corrected chi connectivity index (χ0v) is 4.39. The summed E-state index contributed by atoms with van der Waals surface area (Å²) < 4.78 is 0. The average Bonchev–Trinajstić information content (AvgIpc) is 1.65. The number of nitrogens with zero attached hydrogens (tertiary/aromatic N) is 1. The van der Waals surface area contributed by atoms with Crippen molar-refractivity contribution in [2.75, 3.05) is 6.54 Å². The van der Waals surface area contributed by atoms with E-state index < -0.39 is 0 Å². The molecule has 1 heterocycles. The summed E-state index contributed by atoms with van der Waals surface area (Å²) in [6.07, 6.45) is 1.19. The van der Waals surface area contributed by atoms with Gasteiger partial charge < -0.3 is 5.21 Å². The molecule has 0 radical (unpaired) electrons. The van der Waals surface area contributed by atoms with Crippen molar-refractivity contribution in [3.8, 4) is 0 Å². The summed E-state index contributed by atoms with van der Waals surface area (Å²) >= 11 is 0. The Balaban J connectivity index is 2.16. The molecule has 0 saturated carbocycles. The molecule has 7 heavy (non-hydrogen) atoms. The van der Waals surface area contributed by atoms with Crippen LogP contribution in [0.2, 0.25) is 0 Å². The normalized spacial score (nSPS) is 32.6. The second-order valence-corrected chi connectivity index (χ2v) is 1.93. The third-order valence-corrected chi connectivity index (χ3v) is 1.45. The zero-order valence-electron chi connectivity index (χ0n) is 4.39. The van der Waals surface area contributed by atoms with Crippen LogP contribution >= 0.6 is 0 Å². The van der Waals surface area contributed by atoms with Crippen molar-refractivity contribution in [3.63, 3.8) is 0 Å². The molecule has 0 spiro atoms. The quantitative estimate of drug-likeness (QED) is 0.456. The van der Waals surface area contributed by atoms with E-state index in [0.29, 0.717) is 6.04 Å². The van der Waals surface area contributed by atoms with Crippen molar-refractivity contribution in [1.29, 1.82) is 0 Å². The Hall–Kier alpha value is -0.120. The van der Waals surface area contributed by atoms with Gasteiger partial charge in [0.05, 0.1) is 0 Å². The maximum Gasteiger partial charge on any atom is 0.0249 e. The van der Waals surface area contributed by atoms with Gasteiger partial charge in [0.25, 0.3) is 0 Å². The third kappa shape index (κ3) is 0.748. The van der Waals surface area contributed by atoms with Crippen LogP contribution in [0.25, 0.3) is 0 Å². The van der Waals surface area contributed by atoms with E-state index >= 15 is 0 Å². The fraction of sp³-hybridized carbons (Fsp3) is 1.00. The van der Waals surface area contributed by atoms with Crippen LogP contribution in [0.1, 0.15) is 13.3 Å². The second kappa shape index (κ2) is 1.78. The van der Waals surface area contributed by atoms with Crippen LogP contribution in [0.15, 0.2) is 0 Å². The van der Waals surface area contributed by atoms with E-state index in [-0.39, 0.29) is 0 Å². The van der Waals surface area contributed by atoms with Gasteiger partial charge in [-0.3, -0.25) is 0 Å². The van der Waals surface area contributed by atoms with Crippen molar-refractivity contribution in [2.45, 2.75) is 19.4 Å². The summed E-state index contributed by atoms with van der Waals surface area (Å²) in [6.45, 7) is 3.03. The van der Waals surface area contributed by atoms with Crippen LogP contribution < -0.4 is 5.59 Å². The van der Waals surface area contributed by atoms with Gasteiger partial charge in [-0.25, -0.2) is 5.01 Å². The van der Waals surface area contributed by atoms with E-state index in [1.54, 1.807) is 5.01 Å². The van der Waals surface area contributed by atoms with E-state index in [2.05, 4.69) is 12.5 Å². The molecule has 1 rings (SSSR count). The lowest BCUT2D eigenvalue weighted by atomic mass is 10.1. The Morgan fingerprint density at radius 3 is 2.57 bits per heavy atom. The number of rotatable bonds is 1. The predicted molar refractivity (Wildman–Crippen MR) is 25.7 cm³/mol. The molecule has 0 bridgehead atoms. The predicted octanol–water partition coefficient (Wildman–Crippen LogP) is -0.0256. The lowest BCUT2D eigenvalue weighted by Gasteiger charge is -2.35. The average molecular weight is 102 g/mol. The Labute approximate surface area is 42.9 Å². The first-order chi connectivity index (χ1) is 3.34. The molecule has 0 amide bonds. The highest BCUT2D eigenvalue weighted by Crippen LogP contribution is 2.10. The van der Waals surface area contributed by atoms with Gasteiger partial charge in [-0.05, 0) is 13.3 Å². The summed E-state index contributed by atoms with van der Waals surface area (Å²) in [5.41, 5.74) is 2.08. The molecule has 1 aliphatic heterocycles. The monoisotopic (exact) mass is 102 g/mol. The first-order valence-electron chi connectivity index (χ1n) is 2.51. The molecule has 0 aliphatic carbocycles.